The van der Waals surface area contributed by atoms with Crippen molar-refractivity contribution in [2.45, 2.75) is 92.1 Å². The standard InChI is InChI=1S/C32H40O21/c33-6-18-22(41)24(43)27(46)31(51-18)49-16-4-10(35)3-15-11(16)5-17(28(48-15)9-1-12(36)20(39)13(37)2-9)50-32-29(25(44)23(42)19(7-34)52-32)53-30-26(45)21(40)14(38)8-47-30/h1-5,14,18-19,21-46H,6-8H2/t14-,18-,19+,21-,22-,23-,24+,25-,26-,27-,28?,29+,30-,31-,32-/m1/s1. The maximum atomic E-state index is 11.1. The second-order valence-electron chi connectivity index (χ2n) is 12.8. The number of aliphatic hydroxyl groups excluding tert-OH is 10. The summed E-state index contributed by atoms with van der Waals surface area (Å²) in [6, 6.07) is 4.13. The molecule has 4 heterocycles. The van der Waals surface area contributed by atoms with Crippen LogP contribution in [0.15, 0.2) is 30.0 Å². The molecule has 3 saturated heterocycles. The third-order valence-corrected chi connectivity index (χ3v) is 9.19. The molecule has 15 atom stereocenters. The summed E-state index contributed by atoms with van der Waals surface area (Å²) in [7, 11) is 0. The summed E-state index contributed by atoms with van der Waals surface area (Å²) in [5.41, 5.74) is -0.154. The number of aliphatic hydroxyl groups is 10. The molecular weight excluding hydrogens is 720 g/mol. The van der Waals surface area contributed by atoms with Gasteiger partial charge in [-0.05, 0) is 18.2 Å². The van der Waals surface area contributed by atoms with E-state index in [1.165, 1.54) is 6.08 Å². The summed E-state index contributed by atoms with van der Waals surface area (Å²) in [6.07, 6.45) is -24.5. The molecular formula is C32H40O21. The van der Waals surface area contributed by atoms with Crippen LogP contribution in [0.3, 0.4) is 0 Å². The molecule has 3 fully saturated rings. The number of phenols is 4. The van der Waals surface area contributed by atoms with E-state index in [9.17, 15) is 71.5 Å². The van der Waals surface area contributed by atoms with Crippen LogP contribution in [-0.2, 0) is 23.7 Å². The topological polar surface area (TPSA) is 348 Å². The van der Waals surface area contributed by atoms with Crippen LogP contribution < -0.4 is 9.47 Å². The van der Waals surface area contributed by atoms with Crippen LogP contribution in [0.4, 0.5) is 0 Å². The molecule has 0 amide bonds. The Bertz CT molecular complexity index is 1610. The summed E-state index contributed by atoms with van der Waals surface area (Å²) in [6.45, 7) is -2.13. The van der Waals surface area contributed by atoms with E-state index in [0.29, 0.717) is 0 Å². The van der Waals surface area contributed by atoms with Crippen LogP contribution in [0.2, 0.25) is 0 Å². The van der Waals surface area contributed by atoms with Gasteiger partial charge in [0.15, 0.2) is 35.7 Å². The van der Waals surface area contributed by atoms with E-state index in [1.54, 1.807) is 0 Å². The average Bonchev–Trinajstić information content (AvgIpc) is 3.13. The van der Waals surface area contributed by atoms with Gasteiger partial charge >= 0.3 is 0 Å². The highest BCUT2D eigenvalue weighted by molar-refractivity contribution is 5.70. The first kappa shape index (κ1) is 38.9. The molecule has 6 rings (SSSR count). The van der Waals surface area contributed by atoms with Gasteiger partial charge in [-0.2, -0.15) is 0 Å². The Morgan fingerprint density at radius 1 is 0.642 bits per heavy atom. The second-order valence-corrected chi connectivity index (χ2v) is 12.8. The van der Waals surface area contributed by atoms with Gasteiger partial charge in [0, 0.05) is 17.7 Å². The minimum atomic E-state index is -1.93. The molecule has 21 nitrogen and oxygen atoms in total. The van der Waals surface area contributed by atoms with Crippen molar-refractivity contribution in [3.8, 4) is 34.5 Å². The average molecular weight is 761 g/mol. The van der Waals surface area contributed by atoms with Crippen molar-refractivity contribution in [1.82, 2.24) is 0 Å². The lowest BCUT2D eigenvalue weighted by Gasteiger charge is -2.45. The van der Waals surface area contributed by atoms with Gasteiger partial charge in [-0.15, -0.1) is 0 Å². The van der Waals surface area contributed by atoms with E-state index in [-0.39, 0.29) is 28.4 Å². The molecule has 2 aromatic carbocycles. The van der Waals surface area contributed by atoms with Gasteiger partial charge in [-0.1, -0.05) is 0 Å². The highest BCUT2D eigenvalue weighted by Gasteiger charge is 2.51. The van der Waals surface area contributed by atoms with Crippen LogP contribution in [0, 0.1) is 0 Å². The Kier molecular flexibility index (Phi) is 11.4. The van der Waals surface area contributed by atoms with Crippen LogP contribution in [-0.4, -0.2) is 177 Å². The zero-order chi connectivity index (χ0) is 38.5. The smallest absolute Gasteiger partial charge is 0.229 e. The predicted molar refractivity (Wildman–Crippen MR) is 167 cm³/mol. The van der Waals surface area contributed by atoms with Gasteiger partial charge in [0.1, 0.15) is 84.0 Å². The first-order chi connectivity index (χ1) is 25.1. The van der Waals surface area contributed by atoms with E-state index >= 15 is 0 Å². The zero-order valence-electron chi connectivity index (χ0n) is 27.3. The fourth-order valence-electron chi connectivity index (χ4n) is 6.21. The molecule has 0 radical (unpaired) electrons. The molecule has 1 unspecified atom stereocenters. The summed E-state index contributed by atoms with van der Waals surface area (Å²) in [5.74, 6) is -3.74. The van der Waals surface area contributed by atoms with Crippen molar-refractivity contribution < 1.29 is 105 Å². The molecule has 4 aliphatic rings. The maximum absolute atomic E-state index is 11.1. The van der Waals surface area contributed by atoms with Gasteiger partial charge in [0.2, 0.25) is 12.6 Å². The minimum absolute atomic E-state index is 0.0612. The quantitative estimate of drug-likeness (QED) is 0.107. The molecule has 2 aromatic rings. The molecule has 0 bridgehead atoms. The molecule has 4 aliphatic heterocycles. The molecule has 0 saturated carbocycles. The summed E-state index contributed by atoms with van der Waals surface area (Å²) in [4.78, 5) is 0. The van der Waals surface area contributed by atoms with Crippen molar-refractivity contribution in [2.75, 3.05) is 19.8 Å². The van der Waals surface area contributed by atoms with Gasteiger partial charge in [0.25, 0.3) is 0 Å². The van der Waals surface area contributed by atoms with E-state index in [2.05, 4.69) is 0 Å². The van der Waals surface area contributed by atoms with Crippen LogP contribution in [0.25, 0.3) is 6.08 Å². The van der Waals surface area contributed by atoms with Gasteiger partial charge < -0.3 is 105 Å². The SMILES string of the molecule is OC[C@@H]1O[C@@H](OC2=Cc3c(cc(O)cc3O[C@@H]3O[C@H](CO)[C@@H](O)[C@H](O)[C@H]3O)OC2c2cc(O)c(O)c(O)c2)[C@@H](O[C@H]2OC[C@@H](O)[C@@H](O)[C@H]2O)[C@H](O)[C@@H]1O. The second kappa shape index (κ2) is 15.5. The third-order valence-electron chi connectivity index (χ3n) is 9.19. The Labute approximate surface area is 298 Å². The molecule has 0 aliphatic carbocycles. The van der Waals surface area contributed by atoms with Gasteiger partial charge in [0.05, 0.1) is 25.4 Å². The van der Waals surface area contributed by atoms with Crippen molar-refractivity contribution in [1.29, 1.82) is 0 Å². The van der Waals surface area contributed by atoms with Crippen molar-refractivity contribution in [3.63, 3.8) is 0 Å². The molecule has 21 heteroatoms. The lowest BCUT2D eigenvalue weighted by Crippen LogP contribution is -2.63. The Hall–Kier alpha value is -3.78. The summed E-state index contributed by atoms with van der Waals surface area (Å²) < 4.78 is 40.2. The molecule has 14 N–H and O–H groups in total. The maximum Gasteiger partial charge on any atom is 0.229 e. The van der Waals surface area contributed by atoms with Gasteiger partial charge in [-0.25, -0.2) is 0 Å². The van der Waals surface area contributed by atoms with E-state index in [4.69, 9.17) is 33.2 Å². The van der Waals surface area contributed by atoms with Crippen molar-refractivity contribution in [2.24, 2.45) is 0 Å². The fourth-order valence-corrected chi connectivity index (χ4v) is 6.21. The number of benzene rings is 2. The minimum Gasteiger partial charge on any atom is -0.508 e. The number of aromatic hydroxyl groups is 4. The van der Waals surface area contributed by atoms with Crippen LogP contribution in [0.5, 0.6) is 34.5 Å². The number of phenolic OH excluding ortho intramolecular Hbond substituents is 4. The number of hydrogen-bond donors (Lipinski definition) is 14. The first-order valence-corrected chi connectivity index (χ1v) is 16.2. The Morgan fingerprint density at radius 3 is 1.89 bits per heavy atom. The van der Waals surface area contributed by atoms with E-state index in [1.807, 2.05) is 0 Å². The van der Waals surface area contributed by atoms with E-state index < -0.39 is 135 Å². The van der Waals surface area contributed by atoms with Gasteiger partial charge in [-0.3, -0.25) is 0 Å². The lowest BCUT2D eigenvalue weighted by molar-refractivity contribution is -0.352. The Morgan fingerprint density at radius 2 is 1.25 bits per heavy atom. The first-order valence-electron chi connectivity index (χ1n) is 16.2. The third kappa shape index (κ3) is 7.50. The monoisotopic (exact) mass is 760 g/mol. The largest absolute Gasteiger partial charge is 0.508 e. The highest BCUT2D eigenvalue weighted by Crippen LogP contribution is 2.48. The molecule has 294 valence electrons. The lowest BCUT2D eigenvalue weighted by atomic mass is 9.97. The molecule has 0 aromatic heterocycles. The fraction of sp³-hybridized carbons (Fsp3) is 0.562. The number of hydrogen-bond acceptors (Lipinski definition) is 21. The van der Waals surface area contributed by atoms with Crippen molar-refractivity contribution in [3.05, 3.63) is 41.2 Å². The van der Waals surface area contributed by atoms with Crippen LogP contribution >= 0.6 is 0 Å². The van der Waals surface area contributed by atoms with Crippen LogP contribution in [0.1, 0.15) is 17.2 Å². The van der Waals surface area contributed by atoms with E-state index in [0.717, 1.165) is 24.3 Å². The normalized spacial score (nSPS) is 38.7. The molecule has 53 heavy (non-hydrogen) atoms. The number of rotatable bonds is 9. The summed E-state index contributed by atoms with van der Waals surface area (Å²) >= 11 is 0. The number of ether oxygens (including phenoxy) is 7. The highest BCUT2D eigenvalue weighted by atomic mass is 16.8. The Balaban J connectivity index is 1.41. The number of fused-ring (bicyclic) bond motifs is 1. The van der Waals surface area contributed by atoms with Crippen molar-refractivity contribution >= 4 is 6.08 Å². The zero-order valence-corrected chi connectivity index (χ0v) is 27.3. The summed E-state index contributed by atoms with van der Waals surface area (Å²) in [5, 5.41) is 144. The predicted octanol–water partition coefficient (Wildman–Crippen LogP) is -4.56. The molecule has 0 spiro atoms.